The van der Waals surface area contributed by atoms with Crippen molar-refractivity contribution < 1.29 is 23.4 Å². The lowest BCUT2D eigenvalue weighted by Crippen LogP contribution is -2.33. The monoisotopic (exact) mass is 540 g/mol. The van der Waals surface area contributed by atoms with Crippen LogP contribution in [0.25, 0.3) is 0 Å². The third-order valence-corrected chi connectivity index (χ3v) is 8.78. The van der Waals surface area contributed by atoms with E-state index >= 15 is 0 Å². The van der Waals surface area contributed by atoms with E-state index in [-0.39, 0.29) is 43.1 Å². The van der Waals surface area contributed by atoms with Crippen LogP contribution in [-0.4, -0.2) is 43.2 Å². The Balaban J connectivity index is 1.72. The summed E-state index contributed by atoms with van der Waals surface area (Å²) in [4.78, 5) is 25.5. The quantitative estimate of drug-likeness (QED) is 0.360. The van der Waals surface area contributed by atoms with Gasteiger partial charge in [-0.25, -0.2) is 0 Å². The molecule has 8 nitrogen and oxygen atoms in total. The van der Waals surface area contributed by atoms with Gasteiger partial charge in [-0.2, -0.15) is 4.31 Å². The van der Waals surface area contributed by atoms with Crippen molar-refractivity contribution in [2.75, 3.05) is 13.2 Å². The van der Waals surface area contributed by atoms with Crippen LogP contribution in [0.5, 0.6) is 5.75 Å². The highest BCUT2D eigenvalue weighted by atomic mass is 32.3. The van der Waals surface area contributed by atoms with Gasteiger partial charge in [-0.15, -0.1) is 10.8 Å². The Morgan fingerprint density at radius 2 is 1.87 bits per heavy atom. The zero-order chi connectivity index (χ0) is 27.4. The molecule has 3 aromatic rings. The van der Waals surface area contributed by atoms with Crippen molar-refractivity contribution in [1.82, 2.24) is 8.87 Å². The molecule has 0 aliphatic carbocycles. The second-order valence-corrected chi connectivity index (χ2v) is 11.5. The first kappa shape index (κ1) is 27.9. The number of rotatable bonds is 8. The van der Waals surface area contributed by atoms with Crippen molar-refractivity contribution >= 4 is 16.7 Å². The molecule has 0 bridgehead atoms. The number of hydrogen-bond acceptors (Lipinski definition) is 7. The average Bonchev–Trinajstić information content (AvgIpc) is 2.97. The van der Waals surface area contributed by atoms with E-state index in [1.807, 2.05) is 51.1 Å². The van der Waals surface area contributed by atoms with Crippen LogP contribution >= 0.6 is 10.8 Å². The van der Waals surface area contributed by atoms with E-state index in [2.05, 4.69) is 0 Å². The van der Waals surface area contributed by atoms with E-state index in [1.54, 1.807) is 46.3 Å². The fourth-order valence-corrected chi connectivity index (χ4v) is 6.46. The van der Waals surface area contributed by atoms with Crippen molar-refractivity contribution in [3.05, 3.63) is 93.4 Å². The number of nitrogens with zero attached hydrogens (tertiary/aromatic N) is 2. The van der Waals surface area contributed by atoms with Gasteiger partial charge in [-0.05, 0) is 68.1 Å². The molecule has 0 radical (unpaired) electrons. The standard InChI is InChI=1S/C29H36N2O6S/c1-5-30-14-13-23(16-28(30)32)25(17-29(33)36-6-2)22-12-11-20(3)24(15-22)19-31-18-21(4)37-26-9-7-8-10-27(26)38(31,34)35/h7-16,21,25,34-35H,5-6,17-19H2,1-4H3. The molecule has 0 saturated heterocycles. The minimum atomic E-state index is -3.30. The van der Waals surface area contributed by atoms with Crippen molar-refractivity contribution in [3.63, 3.8) is 0 Å². The van der Waals surface area contributed by atoms with Crippen molar-refractivity contribution in [1.29, 1.82) is 0 Å². The lowest BCUT2D eigenvalue weighted by molar-refractivity contribution is -0.143. The summed E-state index contributed by atoms with van der Waals surface area (Å²) in [6.07, 6.45) is 1.58. The molecule has 0 saturated carbocycles. The van der Waals surface area contributed by atoms with Gasteiger partial charge >= 0.3 is 5.97 Å². The molecule has 9 heteroatoms. The Morgan fingerprint density at radius 1 is 1.13 bits per heavy atom. The van der Waals surface area contributed by atoms with E-state index in [4.69, 9.17) is 9.47 Å². The Kier molecular flexibility index (Phi) is 8.62. The maximum absolute atomic E-state index is 12.6. The first-order valence-corrected chi connectivity index (χ1v) is 14.4. The predicted molar refractivity (Wildman–Crippen MR) is 149 cm³/mol. The SMILES string of the molecule is CCOC(=O)CC(c1ccc(C)c(CN2CC(C)Oc3ccccc3S2(O)O)c1)c1ccn(CC)c(=O)c1. The molecule has 1 aliphatic heterocycles. The topological polar surface area (TPSA) is 101 Å². The number of carbonyl (C=O) groups excluding carboxylic acids is 1. The third kappa shape index (κ3) is 5.96. The minimum absolute atomic E-state index is 0.0864. The van der Waals surface area contributed by atoms with Gasteiger partial charge in [-0.3, -0.25) is 18.7 Å². The summed E-state index contributed by atoms with van der Waals surface area (Å²) in [5.74, 6) is -0.257. The molecule has 4 rings (SSSR count). The van der Waals surface area contributed by atoms with Crippen LogP contribution in [0.3, 0.4) is 0 Å². The van der Waals surface area contributed by atoms with Gasteiger partial charge in [0.1, 0.15) is 16.7 Å². The van der Waals surface area contributed by atoms with Crippen molar-refractivity contribution in [2.24, 2.45) is 0 Å². The second-order valence-electron chi connectivity index (χ2n) is 9.55. The molecule has 0 fully saturated rings. The Bertz CT molecular complexity index is 1350. The van der Waals surface area contributed by atoms with E-state index in [1.165, 1.54) is 0 Å². The Hall–Kier alpha value is -3.11. The molecular formula is C29H36N2O6S. The molecule has 1 aliphatic rings. The average molecular weight is 541 g/mol. The molecule has 38 heavy (non-hydrogen) atoms. The normalized spacial score (nSPS) is 18.5. The van der Waals surface area contributed by atoms with Gasteiger partial charge in [0, 0.05) is 31.3 Å². The molecule has 2 N–H and O–H groups in total. The number of esters is 1. The highest BCUT2D eigenvalue weighted by Gasteiger charge is 2.34. The van der Waals surface area contributed by atoms with Gasteiger partial charge in [0.15, 0.2) is 0 Å². The molecule has 2 heterocycles. The van der Waals surface area contributed by atoms with E-state index in [9.17, 15) is 18.7 Å². The fourth-order valence-electron chi connectivity index (χ4n) is 4.80. The van der Waals surface area contributed by atoms with Gasteiger partial charge < -0.3 is 14.0 Å². The van der Waals surface area contributed by atoms with E-state index < -0.39 is 10.8 Å². The number of pyridine rings is 1. The lowest BCUT2D eigenvalue weighted by atomic mass is 9.87. The Labute approximate surface area is 225 Å². The zero-order valence-electron chi connectivity index (χ0n) is 22.3. The number of carbonyl (C=O) groups is 1. The summed E-state index contributed by atoms with van der Waals surface area (Å²) in [6, 6.07) is 16.4. The highest BCUT2D eigenvalue weighted by Crippen LogP contribution is 2.57. The Morgan fingerprint density at radius 3 is 2.58 bits per heavy atom. The summed E-state index contributed by atoms with van der Waals surface area (Å²) in [7, 11) is -3.30. The van der Waals surface area contributed by atoms with Crippen LogP contribution in [-0.2, 0) is 22.6 Å². The third-order valence-electron chi connectivity index (χ3n) is 6.85. The first-order chi connectivity index (χ1) is 18.1. The van der Waals surface area contributed by atoms with Gasteiger partial charge in [0.2, 0.25) is 0 Å². The van der Waals surface area contributed by atoms with Crippen LogP contribution < -0.4 is 10.3 Å². The smallest absolute Gasteiger partial charge is 0.306 e. The van der Waals surface area contributed by atoms with E-state index in [0.29, 0.717) is 23.7 Å². The molecule has 2 unspecified atom stereocenters. The zero-order valence-corrected chi connectivity index (χ0v) is 23.1. The minimum Gasteiger partial charge on any atom is -0.487 e. The summed E-state index contributed by atoms with van der Waals surface area (Å²) < 4.78 is 37.2. The lowest BCUT2D eigenvalue weighted by Gasteiger charge is -2.42. The molecule has 2 aromatic carbocycles. The van der Waals surface area contributed by atoms with Gasteiger partial charge in [-0.1, -0.05) is 30.3 Å². The van der Waals surface area contributed by atoms with Crippen LogP contribution in [0.2, 0.25) is 0 Å². The maximum atomic E-state index is 12.6. The number of hydrogen-bond donors (Lipinski definition) is 2. The van der Waals surface area contributed by atoms with Gasteiger partial charge in [0.25, 0.3) is 5.56 Å². The van der Waals surface area contributed by atoms with Crippen LogP contribution in [0, 0.1) is 6.92 Å². The number of fused-ring (bicyclic) bond motifs is 1. The predicted octanol–water partition coefficient (Wildman–Crippen LogP) is 5.57. The summed E-state index contributed by atoms with van der Waals surface area (Å²) in [5.41, 5.74) is 3.33. The maximum Gasteiger partial charge on any atom is 0.306 e. The van der Waals surface area contributed by atoms with Crippen LogP contribution in [0.1, 0.15) is 55.4 Å². The molecule has 2 atom stereocenters. The molecule has 1 aromatic heterocycles. The van der Waals surface area contributed by atoms with Crippen LogP contribution in [0.15, 0.2) is 70.5 Å². The van der Waals surface area contributed by atoms with Crippen molar-refractivity contribution in [3.8, 4) is 5.75 Å². The number of para-hydroxylation sites is 1. The summed E-state index contributed by atoms with van der Waals surface area (Å²) in [6.45, 7) is 8.97. The second kappa shape index (κ2) is 11.7. The number of aromatic nitrogens is 1. The molecule has 0 amide bonds. The number of aryl methyl sites for hydroxylation is 2. The molecule has 204 valence electrons. The highest BCUT2D eigenvalue weighted by molar-refractivity contribution is 8.22. The van der Waals surface area contributed by atoms with Crippen molar-refractivity contribution in [2.45, 2.75) is 64.1 Å². The fraction of sp³-hybridized carbons (Fsp3) is 0.379. The number of benzene rings is 2. The van der Waals surface area contributed by atoms with E-state index in [0.717, 1.165) is 22.3 Å². The summed E-state index contributed by atoms with van der Waals surface area (Å²) >= 11 is 0. The summed E-state index contributed by atoms with van der Waals surface area (Å²) in [5, 5.41) is 0. The van der Waals surface area contributed by atoms with Gasteiger partial charge in [0.05, 0.1) is 19.6 Å². The molecule has 0 spiro atoms. The largest absolute Gasteiger partial charge is 0.487 e. The van der Waals surface area contributed by atoms with Crippen LogP contribution in [0.4, 0.5) is 0 Å². The number of ether oxygens (including phenoxy) is 2. The first-order valence-electron chi connectivity index (χ1n) is 12.9. The molecular weight excluding hydrogens is 504 g/mol.